The number of hydrogen-bond acceptors (Lipinski definition) is 6. The predicted octanol–water partition coefficient (Wildman–Crippen LogP) is -3.38. The molecule has 0 rings (SSSR count). The first-order valence-corrected chi connectivity index (χ1v) is 3.27. The van der Waals surface area contributed by atoms with E-state index in [1.54, 1.807) is 0 Å². The molecule has 6 heteroatoms. The maximum absolute atomic E-state index is 10.6. The zero-order valence-electron chi connectivity index (χ0n) is 6.34. The van der Waals surface area contributed by atoms with Gasteiger partial charge in [0.05, 0.1) is 13.2 Å². The molecule has 1 atom stereocenters. The third kappa shape index (κ3) is 2.23. The number of hydrogen-bond donors (Lipinski definition) is 5. The fourth-order valence-corrected chi connectivity index (χ4v) is 0.609. The molecule has 0 saturated heterocycles. The monoisotopic (exact) mass is 180 g/mol. The van der Waals surface area contributed by atoms with Crippen LogP contribution >= 0.6 is 0 Å². The smallest absolute Gasteiger partial charge is 0.189 e. The number of aliphatic hydroxyl groups excluding tert-OH is 4. The molecule has 0 fully saturated rings. The second-order valence-corrected chi connectivity index (χ2v) is 2.45. The number of aliphatic hydroxyl groups is 5. The van der Waals surface area contributed by atoms with Gasteiger partial charge in [0, 0.05) is 0 Å². The Morgan fingerprint density at radius 3 is 1.92 bits per heavy atom. The van der Waals surface area contributed by atoms with Crippen LogP contribution in [0.1, 0.15) is 0 Å². The van der Waals surface area contributed by atoms with E-state index in [0.29, 0.717) is 0 Å². The van der Waals surface area contributed by atoms with Crippen molar-refractivity contribution in [2.45, 2.75) is 11.7 Å². The van der Waals surface area contributed by atoms with Crippen LogP contribution in [-0.4, -0.2) is 62.8 Å². The number of Topliss-reactive ketones (excluding diaryl/α,β-unsaturated/α-hetero) is 1. The summed E-state index contributed by atoms with van der Waals surface area (Å²) >= 11 is 0. The van der Waals surface area contributed by atoms with Gasteiger partial charge in [-0.25, -0.2) is 0 Å². The van der Waals surface area contributed by atoms with Crippen molar-refractivity contribution in [3.8, 4) is 0 Å². The van der Waals surface area contributed by atoms with Crippen LogP contribution in [0, 0.1) is 0 Å². The zero-order chi connectivity index (χ0) is 9.78. The lowest BCUT2D eigenvalue weighted by Crippen LogP contribution is -2.53. The lowest BCUT2D eigenvalue weighted by Gasteiger charge is -2.27. The zero-order valence-corrected chi connectivity index (χ0v) is 6.34. The van der Waals surface area contributed by atoms with Crippen molar-refractivity contribution in [3.05, 3.63) is 0 Å². The molecule has 5 N–H and O–H groups in total. The van der Waals surface area contributed by atoms with Crippen LogP contribution in [-0.2, 0) is 4.79 Å². The van der Waals surface area contributed by atoms with Crippen LogP contribution in [0.2, 0.25) is 0 Å². The van der Waals surface area contributed by atoms with Gasteiger partial charge in [0.15, 0.2) is 5.78 Å². The van der Waals surface area contributed by atoms with Crippen molar-refractivity contribution in [1.82, 2.24) is 0 Å². The molecule has 0 aliphatic heterocycles. The summed E-state index contributed by atoms with van der Waals surface area (Å²) in [5, 5.41) is 43.3. The van der Waals surface area contributed by atoms with Gasteiger partial charge in [-0.1, -0.05) is 0 Å². The minimum absolute atomic E-state index is 0.955. The summed E-state index contributed by atoms with van der Waals surface area (Å²) in [5.41, 5.74) is -2.28. The van der Waals surface area contributed by atoms with Crippen molar-refractivity contribution >= 4 is 5.78 Å². The first-order chi connectivity index (χ1) is 5.51. The highest BCUT2D eigenvalue weighted by Gasteiger charge is 2.38. The Bertz CT molecular complexity index is 152. The van der Waals surface area contributed by atoms with Gasteiger partial charge < -0.3 is 25.5 Å². The normalized spacial score (nSPS) is 14.4. The first kappa shape index (κ1) is 11.5. The summed E-state index contributed by atoms with van der Waals surface area (Å²) in [5.74, 6) is -1.06. The molecule has 72 valence electrons. The SMILES string of the molecule is O=C(CO)C(O)C(O)(CO)CO. The van der Waals surface area contributed by atoms with Crippen molar-refractivity contribution in [2.24, 2.45) is 0 Å². The van der Waals surface area contributed by atoms with Gasteiger partial charge in [0.1, 0.15) is 18.3 Å². The van der Waals surface area contributed by atoms with Crippen LogP contribution in [0.15, 0.2) is 0 Å². The average Bonchev–Trinajstić information content (AvgIpc) is 2.14. The van der Waals surface area contributed by atoms with E-state index >= 15 is 0 Å². The van der Waals surface area contributed by atoms with Gasteiger partial charge in [-0.2, -0.15) is 0 Å². The summed E-state index contributed by atoms with van der Waals surface area (Å²) < 4.78 is 0. The molecule has 0 bridgehead atoms. The van der Waals surface area contributed by atoms with Gasteiger partial charge in [-0.15, -0.1) is 0 Å². The predicted molar refractivity (Wildman–Crippen MR) is 37.2 cm³/mol. The second-order valence-electron chi connectivity index (χ2n) is 2.45. The highest BCUT2D eigenvalue weighted by atomic mass is 16.4. The molecule has 12 heavy (non-hydrogen) atoms. The van der Waals surface area contributed by atoms with Crippen molar-refractivity contribution in [3.63, 3.8) is 0 Å². The molecule has 0 spiro atoms. The number of carbonyl (C=O) groups is 1. The Morgan fingerprint density at radius 2 is 1.67 bits per heavy atom. The van der Waals surface area contributed by atoms with Crippen LogP contribution in [0.25, 0.3) is 0 Å². The number of carbonyl (C=O) groups excluding carboxylic acids is 1. The van der Waals surface area contributed by atoms with E-state index < -0.39 is 37.3 Å². The fourth-order valence-electron chi connectivity index (χ4n) is 0.609. The van der Waals surface area contributed by atoms with Gasteiger partial charge in [-0.05, 0) is 0 Å². The highest BCUT2D eigenvalue weighted by Crippen LogP contribution is 2.09. The van der Waals surface area contributed by atoms with Crippen LogP contribution < -0.4 is 0 Å². The van der Waals surface area contributed by atoms with Gasteiger partial charge >= 0.3 is 0 Å². The Labute approximate surface area is 68.7 Å². The molecular weight excluding hydrogens is 168 g/mol. The topological polar surface area (TPSA) is 118 Å². The molecule has 6 nitrogen and oxygen atoms in total. The Morgan fingerprint density at radius 1 is 1.25 bits per heavy atom. The summed E-state index contributed by atoms with van der Waals surface area (Å²) in [6, 6.07) is 0. The van der Waals surface area contributed by atoms with Gasteiger partial charge in [-0.3, -0.25) is 4.79 Å². The van der Waals surface area contributed by atoms with E-state index in [1.807, 2.05) is 0 Å². The van der Waals surface area contributed by atoms with Crippen molar-refractivity contribution in [1.29, 1.82) is 0 Å². The van der Waals surface area contributed by atoms with Crippen LogP contribution in [0.3, 0.4) is 0 Å². The minimum atomic E-state index is -2.28. The first-order valence-electron chi connectivity index (χ1n) is 3.27. The third-order valence-corrected chi connectivity index (χ3v) is 1.52. The molecule has 0 aromatic heterocycles. The van der Waals surface area contributed by atoms with E-state index in [9.17, 15) is 4.79 Å². The van der Waals surface area contributed by atoms with Crippen LogP contribution in [0.4, 0.5) is 0 Å². The highest BCUT2D eigenvalue weighted by molar-refractivity contribution is 5.85. The van der Waals surface area contributed by atoms with Crippen molar-refractivity contribution in [2.75, 3.05) is 19.8 Å². The summed E-state index contributed by atoms with van der Waals surface area (Å²) in [4.78, 5) is 10.6. The average molecular weight is 180 g/mol. The maximum Gasteiger partial charge on any atom is 0.189 e. The third-order valence-electron chi connectivity index (χ3n) is 1.52. The molecule has 0 aromatic carbocycles. The maximum atomic E-state index is 10.6. The lowest BCUT2D eigenvalue weighted by molar-refractivity contribution is -0.160. The molecule has 0 aromatic rings. The van der Waals surface area contributed by atoms with Crippen molar-refractivity contribution < 1.29 is 30.3 Å². The number of rotatable bonds is 5. The standard InChI is InChI=1S/C6H12O6/c7-1-4(10)5(11)6(12,2-8)3-9/h5,7-9,11-12H,1-3H2. The van der Waals surface area contributed by atoms with E-state index in [1.165, 1.54) is 0 Å². The molecule has 0 heterocycles. The second kappa shape index (κ2) is 4.48. The number of ketones is 1. The molecule has 0 aliphatic rings. The molecular formula is C6H12O6. The van der Waals surface area contributed by atoms with E-state index in [0.717, 1.165) is 0 Å². The Balaban J connectivity index is 4.40. The molecule has 1 unspecified atom stereocenters. The Hall–Kier alpha value is -0.530. The molecule has 0 amide bonds. The Kier molecular flexibility index (Phi) is 4.29. The largest absolute Gasteiger partial charge is 0.393 e. The van der Waals surface area contributed by atoms with E-state index in [-0.39, 0.29) is 0 Å². The molecule has 0 aliphatic carbocycles. The quantitative estimate of drug-likeness (QED) is 0.301. The van der Waals surface area contributed by atoms with E-state index in [2.05, 4.69) is 0 Å². The van der Waals surface area contributed by atoms with Gasteiger partial charge in [0.2, 0.25) is 0 Å². The summed E-state index contributed by atoms with van der Waals surface area (Å²) in [7, 11) is 0. The van der Waals surface area contributed by atoms with Crippen LogP contribution in [0.5, 0.6) is 0 Å². The van der Waals surface area contributed by atoms with Gasteiger partial charge in [0.25, 0.3) is 0 Å². The van der Waals surface area contributed by atoms with E-state index in [4.69, 9.17) is 25.5 Å². The minimum Gasteiger partial charge on any atom is -0.393 e. The lowest BCUT2D eigenvalue weighted by atomic mass is 9.96. The molecule has 0 radical (unpaired) electrons. The fraction of sp³-hybridized carbons (Fsp3) is 0.833. The summed E-state index contributed by atoms with van der Waals surface area (Å²) in [6.07, 6.45) is -1.97. The molecule has 0 saturated carbocycles. The summed E-state index contributed by atoms with van der Waals surface area (Å²) in [6.45, 7) is -2.88.